The molecule has 9 heteroatoms. The Balaban J connectivity index is 1.75. The Morgan fingerprint density at radius 3 is 2.43 bits per heavy atom. The van der Waals surface area contributed by atoms with Gasteiger partial charge in [-0.05, 0) is 72.7 Å². The number of hydrogen-bond acceptors (Lipinski definition) is 5. The predicted molar refractivity (Wildman–Crippen MR) is 145 cm³/mol. The summed E-state index contributed by atoms with van der Waals surface area (Å²) >= 11 is 1.61. The third-order valence-corrected chi connectivity index (χ3v) is 6.96. The molecule has 0 spiro atoms. The SMILES string of the molecule is CCCN(CC(=O)N(CCc1ccc(OC)c(OC)c1)Cc1sccc1C)C(=O)Nc1cccc(F)c1. The van der Waals surface area contributed by atoms with Crippen LogP contribution in [0.5, 0.6) is 11.5 Å². The number of halogens is 1. The zero-order valence-corrected chi connectivity index (χ0v) is 22.6. The fourth-order valence-corrected chi connectivity index (χ4v) is 4.81. The van der Waals surface area contributed by atoms with Gasteiger partial charge in [-0.1, -0.05) is 19.1 Å². The number of rotatable bonds is 12. The number of hydrogen-bond donors (Lipinski definition) is 1. The normalized spacial score (nSPS) is 10.6. The number of nitrogens with one attached hydrogen (secondary N) is 1. The first-order chi connectivity index (χ1) is 17.8. The Hall–Kier alpha value is -3.59. The zero-order chi connectivity index (χ0) is 26.8. The molecule has 0 fully saturated rings. The van der Waals surface area contributed by atoms with Gasteiger partial charge in [0.1, 0.15) is 12.4 Å². The number of thiophene rings is 1. The quantitative estimate of drug-likeness (QED) is 0.327. The van der Waals surface area contributed by atoms with Crippen LogP contribution in [0.4, 0.5) is 14.9 Å². The van der Waals surface area contributed by atoms with Crippen LogP contribution >= 0.6 is 11.3 Å². The lowest BCUT2D eigenvalue weighted by atomic mass is 10.1. The number of anilines is 1. The number of aryl methyl sites for hydroxylation is 1. The van der Waals surface area contributed by atoms with Gasteiger partial charge in [-0.2, -0.15) is 0 Å². The van der Waals surface area contributed by atoms with E-state index in [2.05, 4.69) is 5.32 Å². The molecule has 7 nitrogen and oxygen atoms in total. The van der Waals surface area contributed by atoms with Crippen molar-refractivity contribution in [3.8, 4) is 11.5 Å². The highest BCUT2D eigenvalue weighted by Gasteiger charge is 2.22. The Labute approximate surface area is 221 Å². The van der Waals surface area contributed by atoms with E-state index in [4.69, 9.17) is 9.47 Å². The molecule has 3 rings (SSSR count). The minimum absolute atomic E-state index is 0.0780. The van der Waals surface area contributed by atoms with Crippen LogP contribution in [0.2, 0.25) is 0 Å². The summed E-state index contributed by atoms with van der Waals surface area (Å²) < 4.78 is 24.3. The van der Waals surface area contributed by atoms with Crippen LogP contribution in [0.3, 0.4) is 0 Å². The van der Waals surface area contributed by atoms with E-state index in [9.17, 15) is 14.0 Å². The number of nitrogens with zero attached hydrogens (tertiary/aromatic N) is 2. The van der Waals surface area contributed by atoms with E-state index in [1.54, 1.807) is 36.5 Å². The maximum Gasteiger partial charge on any atom is 0.322 e. The number of carbonyl (C=O) groups is 2. The molecular formula is C28H34FN3O4S. The van der Waals surface area contributed by atoms with Crippen LogP contribution in [0.1, 0.15) is 29.3 Å². The Bertz CT molecular complexity index is 1200. The molecule has 0 saturated heterocycles. The third kappa shape index (κ3) is 7.95. The number of ether oxygens (including phenoxy) is 2. The van der Waals surface area contributed by atoms with Gasteiger partial charge in [-0.3, -0.25) is 4.79 Å². The minimum atomic E-state index is -0.441. The lowest BCUT2D eigenvalue weighted by Gasteiger charge is -2.28. The van der Waals surface area contributed by atoms with E-state index in [0.717, 1.165) is 16.0 Å². The fraction of sp³-hybridized carbons (Fsp3) is 0.357. The topological polar surface area (TPSA) is 71.1 Å². The van der Waals surface area contributed by atoms with Crippen LogP contribution in [-0.2, 0) is 17.8 Å². The fourth-order valence-electron chi connectivity index (χ4n) is 3.89. The number of methoxy groups -OCH3 is 2. The lowest BCUT2D eigenvalue weighted by Crippen LogP contribution is -2.45. The minimum Gasteiger partial charge on any atom is -0.493 e. The van der Waals surface area contributed by atoms with Crippen molar-refractivity contribution in [2.24, 2.45) is 0 Å². The van der Waals surface area contributed by atoms with E-state index >= 15 is 0 Å². The van der Waals surface area contributed by atoms with Crippen molar-refractivity contribution in [1.29, 1.82) is 0 Å². The summed E-state index contributed by atoms with van der Waals surface area (Å²) in [5.41, 5.74) is 2.48. The molecule has 3 amide bonds. The molecular weight excluding hydrogens is 493 g/mol. The predicted octanol–water partition coefficient (Wildman–Crippen LogP) is 5.73. The molecule has 37 heavy (non-hydrogen) atoms. The molecule has 2 aromatic carbocycles. The summed E-state index contributed by atoms with van der Waals surface area (Å²) in [6.07, 6.45) is 1.29. The van der Waals surface area contributed by atoms with Crippen molar-refractivity contribution in [3.05, 3.63) is 75.7 Å². The molecule has 0 atom stereocenters. The molecule has 1 heterocycles. The third-order valence-electron chi connectivity index (χ3n) is 5.96. The molecule has 0 unspecified atom stereocenters. The highest BCUT2D eigenvalue weighted by atomic mass is 32.1. The van der Waals surface area contributed by atoms with E-state index < -0.39 is 11.8 Å². The largest absolute Gasteiger partial charge is 0.493 e. The molecule has 0 aliphatic rings. The van der Waals surface area contributed by atoms with E-state index in [1.165, 1.54) is 23.1 Å². The molecule has 0 aliphatic heterocycles. The van der Waals surface area contributed by atoms with Crippen molar-refractivity contribution in [2.45, 2.75) is 33.2 Å². The monoisotopic (exact) mass is 527 g/mol. The van der Waals surface area contributed by atoms with Gasteiger partial charge < -0.3 is 24.6 Å². The first-order valence-electron chi connectivity index (χ1n) is 12.2. The Morgan fingerprint density at radius 2 is 1.78 bits per heavy atom. The first-order valence-corrected chi connectivity index (χ1v) is 13.1. The van der Waals surface area contributed by atoms with Crippen molar-refractivity contribution in [3.63, 3.8) is 0 Å². The van der Waals surface area contributed by atoms with Gasteiger partial charge >= 0.3 is 6.03 Å². The van der Waals surface area contributed by atoms with Crippen molar-refractivity contribution in [2.75, 3.05) is 39.2 Å². The van der Waals surface area contributed by atoms with Gasteiger partial charge in [-0.25, -0.2) is 9.18 Å². The summed E-state index contributed by atoms with van der Waals surface area (Å²) in [6.45, 7) is 5.22. The van der Waals surface area contributed by atoms with Crippen LogP contribution < -0.4 is 14.8 Å². The second-order valence-corrected chi connectivity index (χ2v) is 9.64. The summed E-state index contributed by atoms with van der Waals surface area (Å²) in [6, 6.07) is 13.0. The standard InChI is InChI=1S/C28H34FN3O4S/c1-5-13-32(28(34)30-23-8-6-7-22(29)17-23)19-27(33)31(18-26-20(2)12-15-37-26)14-11-21-9-10-24(35-3)25(16-21)36-4/h6-10,12,15-17H,5,11,13-14,18-19H2,1-4H3,(H,30,34). The maximum atomic E-state index is 13.6. The first kappa shape index (κ1) is 28.0. The molecule has 1 N–H and O–H groups in total. The van der Waals surface area contributed by atoms with E-state index in [-0.39, 0.29) is 12.5 Å². The number of urea groups is 1. The smallest absolute Gasteiger partial charge is 0.322 e. The Kier molecular flexibility index (Phi) is 10.3. The van der Waals surface area contributed by atoms with Gasteiger partial charge in [-0.15, -0.1) is 11.3 Å². The van der Waals surface area contributed by atoms with Crippen molar-refractivity contribution >= 4 is 29.0 Å². The molecule has 0 radical (unpaired) electrons. The molecule has 198 valence electrons. The summed E-state index contributed by atoms with van der Waals surface area (Å²) in [4.78, 5) is 30.8. The number of amides is 3. The van der Waals surface area contributed by atoms with Gasteiger partial charge in [0.2, 0.25) is 5.91 Å². The Morgan fingerprint density at radius 1 is 1.00 bits per heavy atom. The summed E-state index contributed by atoms with van der Waals surface area (Å²) in [5.74, 6) is 0.683. The van der Waals surface area contributed by atoms with Gasteiger partial charge in [0, 0.05) is 23.7 Å². The van der Waals surface area contributed by atoms with Crippen LogP contribution in [-0.4, -0.2) is 55.6 Å². The van der Waals surface area contributed by atoms with Crippen molar-refractivity contribution in [1.82, 2.24) is 9.80 Å². The van der Waals surface area contributed by atoms with Gasteiger partial charge in [0.05, 0.1) is 20.8 Å². The number of benzene rings is 2. The molecule has 1 aromatic heterocycles. The number of carbonyl (C=O) groups excluding carboxylic acids is 2. The van der Waals surface area contributed by atoms with Crippen LogP contribution in [0.25, 0.3) is 0 Å². The zero-order valence-electron chi connectivity index (χ0n) is 21.8. The summed E-state index contributed by atoms with van der Waals surface area (Å²) in [5, 5.41) is 4.71. The van der Waals surface area contributed by atoms with E-state index in [0.29, 0.717) is 49.7 Å². The second-order valence-electron chi connectivity index (χ2n) is 8.64. The van der Waals surface area contributed by atoms with Gasteiger partial charge in [0.25, 0.3) is 0 Å². The molecule has 0 aliphatic carbocycles. The van der Waals surface area contributed by atoms with Crippen LogP contribution in [0, 0.1) is 12.7 Å². The summed E-state index contributed by atoms with van der Waals surface area (Å²) in [7, 11) is 3.18. The van der Waals surface area contributed by atoms with Crippen molar-refractivity contribution < 1.29 is 23.5 Å². The lowest BCUT2D eigenvalue weighted by molar-refractivity contribution is -0.132. The van der Waals surface area contributed by atoms with Crippen LogP contribution in [0.15, 0.2) is 53.9 Å². The second kappa shape index (κ2) is 13.6. The average molecular weight is 528 g/mol. The average Bonchev–Trinajstić information content (AvgIpc) is 3.29. The molecule has 0 bridgehead atoms. The van der Waals surface area contributed by atoms with Gasteiger partial charge in [0.15, 0.2) is 11.5 Å². The molecule has 0 saturated carbocycles. The molecule has 3 aromatic rings. The maximum absolute atomic E-state index is 13.6. The van der Waals surface area contributed by atoms with E-state index in [1.807, 2.05) is 43.5 Å². The highest BCUT2D eigenvalue weighted by molar-refractivity contribution is 7.10. The highest BCUT2D eigenvalue weighted by Crippen LogP contribution is 2.28.